The minimum absolute atomic E-state index is 0.422. The number of nitrogens with zero attached hydrogens (tertiary/aromatic N) is 2. The first kappa shape index (κ1) is 21.1. The Kier molecular flexibility index (Phi) is 5.99. The number of hydrogen-bond donors (Lipinski definition) is 0. The van der Waals surface area contributed by atoms with Crippen LogP contribution < -0.4 is 9.47 Å². The van der Waals surface area contributed by atoms with Gasteiger partial charge in [0.25, 0.3) is 0 Å². The minimum atomic E-state index is 0.422. The van der Waals surface area contributed by atoms with Gasteiger partial charge in [0, 0.05) is 6.54 Å². The van der Waals surface area contributed by atoms with Crippen molar-refractivity contribution in [3.05, 3.63) is 102 Å². The molecule has 0 aliphatic heterocycles. The molecule has 5 rings (SSSR count). The molecule has 0 aliphatic carbocycles. The third-order valence-electron chi connectivity index (χ3n) is 5.94. The third-order valence-corrected chi connectivity index (χ3v) is 5.94. The number of ether oxygens (including phenoxy) is 2. The van der Waals surface area contributed by atoms with Gasteiger partial charge >= 0.3 is 0 Å². The maximum atomic E-state index is 6.16. The van der Waals surface area contributed by atoms with E-state index in [-0.39, 0.29) is 0 Å². The number of hydrogen-bond acceptors (Lipinski definition) is 3. The Hall–Kier alpha value is -3.79. The fourth-order valence-corrected chi connectivity index (χ4v) is 4.26. The average molecular weight is 437 g/mol. The smallest absolute Gasteiger partial charge is 0.147 e. The molecule has 0 radical (unpaired) electrons. The fraction of sp³-hybridized carbons (Fsp3) is 0.207. The number of aryl methyl sites for hydroxylation is 3. The van der Waals surface area contributed by atoms with Crippen LogP contribution in [0.5, 0.6) is 11.5 Å². The maximum Gasteiger partial charge on any atom is 0.147 e. The standard InChI is InChI=1S/C29H28N2O2/c1-21-12-15-28(22(2)18-21)32-17-7-16-31-27-11-6-5-10-26(27)30-29(31)20-33-25-14-13-23-8-3-4-9-24(23)19-25/h3-6,8-15,18-19H,7,16-17,20H2,1-2H3. The summed E-state index contributed by atoms with van der Waals surface area (Å²) in [6.45, 7) is 6.09. The molecule has 0 aliphatic rings. The van der Waals surface area contributed by atoms with Crippen LogP contribution in [-0.4, -0.2) is 16.2 Å². The summed E-state index contributed by atoms with van der Waals surface area (Å²) in [5, 5.41) is 2.38. The van der Waals surface area contributed by atoms with Crippen molar-refractivity contribution in [2.75, 3.05) is 6.61 Å². The lowest BCUT2D eigenvalue weighted by Crippen LogP contribution is -2.10. The van der Waals surface area contributed by atoms with Gasteiger partial charge in [-0.05, 0) is 66.9 Å². The van der Waals surface area contributed by atoms with Crippen molar-refractivity contribution in [2.24, 2.45) is 0 Å². The summed E-state index contributed by atoms with van der Waals surface area (Å²) in [5.41, 5.74) is 4.54. The summed E-state index contributed by atoms with van der Waals surface area (Å²) >= 11 is 0. The highest BCUT2D eigenvalue weighted by molar-refractivity contribution is 5.83. The number of fused-ring (bicyclic) bond motifs is 2. The van der Waals surface area contributed by atoms with Crippen molar-refractivity contribution >= 4 is 21.8 Å². The molecule has 0 spiro atoms. The number of rotatable bonds is 8. The van der Waals surface area contributed by atoms with Crippen molar-refractivity contribution in [2.45, 2.75) is 33.4 Å². The van der Waals surface area contributed by atoms with Crippen molar-refractivity contribution < 1.29 is 9.47 Å². The van der Waals surface area contributed by atoms with Crippen LogP contribution in [0, 0.1) is 13.8 Å². The Balaban J connectivity index is 1.29. The topological polar surface area (TPSA) is 36.3 Å². The normalized spacial score (nSPS) is 11.2. The number of aromatic nitrogens is 2. The van der Waals surface area contributed by atoms with Crippen molar-refractivity contribution in [1.29, 1.82) is 0 Å². The Morgan fingerprint density at radius 2 is 1.61 bits per heavy atom. The molecule has 166 valence electrons. The Morgan fingerprint density at radius 1 is 0.788 bits per heavy atom. The second-order valence-electron chi connectivity index (χ2n) is 8.44. The summed E-state index contributed by atoms with van der Waals surface area (Å²) in [4.78, 5) is 4.85. The molecule has 5 aromatic rings. The number of benzene rings is 4. The second-order valence-corrected chi connectivity index (χ2v) is 8.44. The summed E-state index contributed by atoms with van der Waals surface area (Å²) in [6, 6.07) is 29.1. The first-order valence-electron chi connectivity index (χ1n) is 11.4. The monoisotopic (exact) mass is 436 g/mol. The molecule has 1 aromatic heterocycles. The van der Waals surface area contributed by atoms with E-state index in [0.717, 1.165) is 41.3 Å². The second kappa shape index (κ2) is 9.37. The first-order chi connectivity index (χ1) is 16.2. The largest absolute Gasteiger partial charge is 0.493 e. The van der Waals surface area contributed by atoms with Gasteiger partial charge < -0.3 is 14.0 Å². The highest BCUT2D eigenvalue weighted by atomic mass is 16.5. The van der Waals surface area contributed by atoms with E-state index in [0.29, 0.717) is 13.2 Å². The SMILES string of the molecule is Cc1ccc(OCCCn2c(COc3ccc4ccccc4c3)nc3ccccc32)c(C)c1. The molecule has 4 heteroatoms. The molecule has 0 amide bonds. The first-order valence-corrected chi connectivity index (χ1v) is 11.4. The van der Waals surface area contributed by atoms with Gasteiger partial charge in [-0.2, -0.15) is 0 Å². The molecule has 4 nitrogen and oxygen atoms in total. The quantitative estimate of drug-likeness (QED) is 0.249. The van der Waals surface area contributed by atoms with Gasteiger partial charge in [0.15, 0.2) is 0 Å². The zero-order valence-corrected chi connectivity index (χ0v) is 19.1. The molecular weight excluding hydrogens is 408 g/mol. The highest BCUT2D eigenvalue weighted by Crippen LogP contribution is 2.23. The Bertz CT molecular complexity index is 1400. The molecule has 0 saturated carbocycles. The van der Waals surface area contributed by atoms with Gasteiger partial charge in [0.2, 0.25) is 0 Å². The van der Waals surface area contributed by atoms with Gasteiger partial charge in [0.05, 0.1) is 17.6 Å². The highest BCUT2D eigenvalue weighted by Gasteiger charge is 2.11. The predicted molar refractivity (Wildman–Crippen MR) is 134 cm³/mol. The van der Waals surface area contributed by atoms with E-state index >= 15 is 0 Å². The van der Waals surface area contributed by atoms with E-state index in [1.807, 2.05) is 18.2 Å². The van der Waals surface area contributed by atoms with Crippen molar-refractivity contribution in [3.8, 4) is 11.5 Å². The van der Waals surface area contributed by atoms with E-state index in [1.54, 1.807) is 0 Å². The zero-order chi connectivity index (χ0) is 22.6. The van der Waals surface area contributed by atoms with Gasteiger partial charge in [-0.1, -0.05) is 60.2 Å². The summed E-state index contributed by atoms with van der Waals surface area (Å²) in [5.74, 6) is 2.73. The van der Waals surface area contributed by atoms with Crippen LogP contribution >= 0.6 is 0 Å². The van der Waals surface area contributed by atoms with Crippen LogP contribution in [0.15, 0.2) is 84.9 Å². The predicted octanol–water partition coefficient (Wildman–Crippen LogP) is 6.85. The van der Waals surface area contributed by atoms with Gasteiger partial charge in [-0.15, -0.1) is 0 Å². The van der Waals surface area contributed by atoms with Crippen molar-refractivity contribution in [3.63, 3.8) is 0 Å². The van der Waals surface area contributed by atoms with Gasteiger partial charge in [-0.3, -0.25) is 0 Å². The van der Waals surface area contributed by atoms with Crippen LogP contribution in [0.25, 0.3) is 21.8 Å². The Morgan fingerprint density at radius 3 is 2.48 bits per heavy atom. The lowest BCUT2D eigenvalue weighted by atomic mass is 10.1. The molecule has 4 aromatic carbocycles. The number of imidazole rings is 1. The molecule has 0 unspecified atom stereocenters. The summed E-state index contributed by atoms with van der Waals surface area (Å²) in [6.07, 6.45) is 0.886. The zero-order valence-electron chi connectivity index (χ0n) is 19.1. The van der Waals surface area contributed by atoms with Crippen LogP contribution in [0.2, 0.25) is 0 Å². The fourth-order valence-electron chi connectivity index (χ4n) is 4.26. The Labute approximate surface area is 194 Å². The van der Waals surface area contributed by atoms with E-state index in [4.69, 9.17) is 14.5 Å². The van der Waals surface area contributed by atoms with E-state index < -0.39 is 0 Å². The molecule has 33 heavy (non-hydrogen) atoms. The summed E-state index contributed by atoms with van der Waals surface area (Å²) in [7, 11) is 0. The molecule has 0 atom stereocenters. The molecular formula is C29H28N2O2. The van der Waals surface area contributed by atoms with E-state index in [2.05, 4.69) is 85.1 Å². The molecule has 1 heterocycles. The van der Waals surface area contributed by atoms with Gasteiger partial charge in [-0.25, -0.2) is 4.98 Å². The number of para-hydroxylation sites is 2. The lowest BCUT2D eigenvalue weighted by Gasteiger charge is -2.13. The minimum Gasteiger partial charge on any atom is -0.493 e. The van der Waals surface area contributed by atoms with E-state index in [9.17, 15) is 0 Å². The van der Waals surface area contributed by atoms with Crippen LogP contribution in [-0.2, 0) is 13.2 Å². The molecule has 0 saturated heterocycles. The van der Waals surface area contributed by atoms with E-state index in [1.165, 1.54) is 21.9 Å². The molecule has 0 fully saturated rings. The third kappa shape index (κ3) is 4.70. The molecule has 0 bridgehead atoms. The van der Waals surface area contributed by atoms with Gasteiger partial charge in [0.1, 0.15) is 23.9 Å². The van der Waals surface area contributed by atoms with Crippen LogP contribution in [0.1, 0.15) is 23.4 Å². The maximum absolute atomic E-state index is 6.16. The molecule has 0 N–H and O–H groups in total. The summed E-state index contributed by atoms with van der Waals surface area (Å²) < 4.78 is 14.5. The van der Waals surface area contributed by atoms with Crippen LogP contribution in [0.3, 0.4) is 0 Å². The lowest BCUT2D eigenvalue weighted by molar-refractivity contribution is 0.280. The average Bonchev–Trinajstić information content (AvgIpc) is 3.19. The van der Waals surface area contributed by atoms with Crippen LogP contribution in [0.4, 0.5) is 0 Å². The van der Waals surface area contributed by atoms with Crippen molar-refractivity contribution in [1.82, 2.24) is 9.55 Å².